The van der Waals surface area contributed by atoms with Crippen LogP contribution in [0.4, 0.5) is 0 Å². The molecule has 0 saturated carbocycles. The molecule has 0 aliphatic carbocycles. The number of nitrogens with one attached hydrogen (secondary N) is 2. The number of hydrogen-bond donors (Lipinski definition) is 2. The van der Waals surface area contributed by atoms with E-state index in [0.717, 1.165) is 11.1 Å². The standard InChI is InChI=1S/C21H26N2O5/c1-15-8-9-17(16(2)12-15)27-13-20(24)22-10-11-23-21(25)14-28-19-7-5-4-6-18(19)26-3/h4-9,12H,10-11,13-14H2,1-3H3,(H,22,24)(H,23,25). The minimum Gasteiger partial charge on any atom is -0.493 e. The van der Waals surface area contributed by atoms with Crippen molar-refractivity contribution in [3.05, 3.63) is 53.6 Å². The van der Waals surface area contributed by atoms with Gasteiger partial charge in [0, 0.05) is 13.1 Å². The highest BCUT2D eigenvalue weighted by Gasteiger charge is 2.08. The van der Waals surface area contributed by atoms with Gasteiger partial charge in [-0.15, -0.1) is 0 Å². The first-order valence-electron chi connectivity index (χ1n) is 8.99. The lowest BCUT2D eigenvalue weighted by molar-refractivity contribution is -0.124. The SMILES string of the molecule is COc1ccccc1OCC(=O)NCCNC(=O)COc1ccc(C)cc1C. The van der Waals surface area contributed by atoms with Crippen LogP contribution in [-0.2, 0) is 9.59 Å². The molecule has 0 aliphatic rings. The highest BCUT2D eigenvalue weighted by Crippen LogP contribution is 2.25. The molecule has 2 aromatic carbocycles. The van der Waals surface area contributed by atoms with Gasteiger partial charge in [0.25, 0.3) is 11.8 Å². The number of benzene rings is 2. The third-order valence-corrected chi connectivity index (χ3v) is 3.89. The molecule has 7 nitrogen and oxygen atoms in total. The summed E-state index contributed by atoms with van der Waals surface area (Å²) in [5.41, 5.74) is 2.12. The maximum absolute atomic E-state index is 11.8. The minimum atomic E-state index is -0.285. The number of rotatable bonds is 10. The van der Waals surface area contributed by atoms with Crippen molar-refractivity contribution in [1.82, 2.24) is 10.6 Å². The predicted molar refractivity (Wildman–Crippen MR) is 106 cm³/mol. The Balaban J connectivity index is 1.61. The van der Waals surface area contributed by atoms with Crippen LogP contribution < -0.4 is 24.8 Å². The van der Waals surface area contributed by atoms with Crippen molar-refractivity contribution in [3.8, 4) is 17.2 Å². The molecule has 0 fully saturated rings. The van der Waals surface area contributed by atoms with Crippen LogP contribution >= 0.6 is 0 Å². The number of ether oxygens (including phenoxy) is 3. The molecule has 0 aliphatic heterocycles. The van der Waals surface area contributed by atoms with E-state index in [1.807, 2.05) is 38.1 Å². The third-order valence-electron chi connectivity index (χ3n) is 3.89. The zero-order chi connectivity index (χ0) is 20.4. The predicted octanol–water partition coefficient (Wildman–Crippen LogP) is 2.00. The number of para-hydroxylation sites is 2. The van der Waals surface area contributed by atoms with Crippen LogP contribution in [0.1, 0.15) is 11.1 Å². The fourth-order valence-electron chi connectivity index (χ4n) is 2.49. The van der Waals surface area contributed by atoms with Crippen molar-refractivity contribution in [2.75, 3.05) is 33.4 Å². The Bertz CT molecular complexity index is 807. The van der Waals surface area contributed by atoms with Crippen LogP contribution in [0.3, 0.4) is 0 Å². The van der Waals surface area contributed by atoms with E-state index in [1.165, 1.54) is 7.11 Å². The second kappa shape index (κ2) is 10.8. The van der Waals surface area contributed by atoms with Crippen molar-refractivity contribution in [1.29, 1.82) is 0 Å². The Morgan fingerprint density at radius 2 is 1.39 bits per heavy atom. The molecule has 0 saturated heterocycles. The third kappa shape index (κ3) is 6.83. The van der Waals surface area contributed by atoms with Gasteiger partial charge in [-0.2, -0.15) is 0 Å². The molecule has 0 heterocycles. The Morgan fingerprint density at radius 1 is 0.821 bits per heavy atom. The summed E-state index contributed by atoms with van der Waals surface area (Å²) in [5, 5.41) is 5.37. The van der Waals surface area contributed by atoms with Crippen molar-refractivity contribution in [2.45, 2.75) is 13.8 Å². The van der Waals surface area contributed by atoms with Crippen LogP contribution in [0.25, 0.3) is 0 Å². The summed E-state index contributed by atoms with van der Waals surface area (Å²) >= 11 is 0. The molecule has 2 aromatic rings. The highest BCUT2D eigenvalue weighted by molar-refractivity contribution is 5.78. The van der Waals surface area contributed by atoms with Gasteiger partial charge in [-0.05, 0) is 37.6 Å². The van der Waals surface area contributed by atoms with Gasteiger partial charge < -0.3 is 24.8 Å². The molecule has 2 rings (SSSR count). The van der Waals surface area contributed by atoms with E-state index in [0.29, 0.717) is 30.3 Å². The van der Waals surface area contributed by atoms with Gasteiger partial charge >= 0.3 is 0 Å². The maximum Gasteiger partial charge on any atom is 0.258 e. The second-order valence-corrected chi connectivity index (χ2v) is 6.20. The summed E-state index contributed by atoms with van der Waals surface area (Å²) in [7, 11) is 1.54. The Kier molecular flexibility index (Phi) is 8.14. The van der Waals surface area contributed by atoms with E-state index in [9.17, 15) is 9.59 Å². The molecule has 0 spiro atoms. The lowest BCUT2D eigenvalue weighted by Crippen LogP contribution is -2.38. The number of carbonyl (C=O) groups excluding carboxylic acids is 2. The molecule has 7 heteroatoms. The highest BCUT2D eigenvalue weighted by atomic mass is 16.5. The molecule has 0 radical (unpaired) electrons. The van der Waals surface area contributed by atoms with Gasteiger partial charge in [0.05, 0.1) is 7.11 Å². The van der Waals surface area contributed by atoms with Crippen LogP contribution in [0.5, 0.6) is 17.2 Å². The smallest absolute Gasteiger partial charge is 0.258 e. The lowest BCUT2D eigenvalue weighted by atomic mass is 10.1. The average Bonchev–Trinajstić information content (AvgIpc) is 2.69. The molecule has 150 valence electrons. The van der Waals surface area contributed by atoms with Crippen molar-refractivity contribution < 1.29 is 23.8 Å². The van der Waals surface area contributed by atoms with Crippen molar-refractivity contribution in [2.24, 2.45) is 0 Å². The van der Waals surface area contributed by atoms with E-state index in [-0.39, 0.29) is 25.0 Å². The number of carbonyl (C=O) groups is 2. The van der Waals surface area contributed by atoms with E-state index < -0.39 is 0 Å². The maximum atomic E-state index is 11.8. The zero-order valence-electron chi connectivity index (χ0n) is 16.4. The first kappa shape index (κ1) is 21.1. The monoisotopic (exact) mass is 386 g/mol. The number of amides is 2. The second-order valence-electron chi connectivity index (χ2n) is 6.20. The van der Waals surface area contributed by atoms with E-state index in [2.05, 4.69) is 10.6 Å². The van der Waals surface area contributed by atoms with Crippen molar-refractivity contribution >= 4 is 11.8 Å². The Hall–Kier alpha value is -3.22. The minimum absolute atomic E-state index is 0.0746. The van der Waals surface area contributed by atoms with E-state index >= 15 is 0 Å². The largest absolute Gasteiger partial charge is 0.493 e. The molecule has 0 bridgehead atoms. The van der Waals surface area contributed by atoms with Gasteiger partial charge in [-0.25, -0.2) is 0 Å². The van der Waals surface area contributed by atoms with E-state index in [4.69, 9.17) is 14.2 Å². The quantitative estimate of drug-likeness (QED) is 0.610. The molecule has 0 aromatic heterocycles. The number of methoxy groups -OCH3 is 1. The first-order chi connectivity index (χ1) is 13.5. The van der Waals surface area contributed by atoms with Crippen LogP contribution in [0.15, 0.2) is 42.5 Å². The van der Waals surface area contributed by atoms with Crippen LogP contribution in [-0.4, -0.2) is 45.2 Å². The number of aryl methyl sites for hydroxylation is 2. The summed E-state index contributed by atoms with van der Waals surface area (Å²) < 4.78 is 16.1. The topological polar surface area (TPSA) is 85.9 Å². The Morgan fingerprint density at radius 3 is 1.96 bits per heavy atom. The molecule has 0 atom stereocenters. The summed E-state index contributed by atoms with van der Waals surface area (Å²) in [6, 6.07) is 12.9. The first-order valence-corrected chi connectivity index (χ1v) is 8.99. The van der Waals surface area contributed by atoms with Gasteiger partial charge in [-0.1, -0.05) is 29.8 Å². The van der Waals surface area contributed by atoms with Crippen LogP contribution in [0, 0.1) is 13.8 Å². The molecular weight excluding hydrogens is 360 g/mol. The van der Waals surface area contributed by atoms with Gasteiger partial charge in [-0.3, -0.25) is 9.59 Å². The van der Waals surface area contributed by atoms with Crippen LogP contribution in [0.2, 0.25) is 0 Å². The number of hydrogen-bond acceptors (Lipinski definition) is 5. The van der Waals surface area contributed by atoms with Crippen molar-refractivity contribution in [3.63, 3.8) is 0 Å². The van der Waals surface area contributed by atoms with Gasteiger partial charge in [0.15, 0.2) is 24.7 Å². The Labute approximate surface area is 165 Å². The summed E-state index contributed by atoms with van der Waals surface area (Å²) in [6.45, 7) is 4.32. The lowest BCUT2D eigenvalue weighted by Gasteiger charge is -2.11. The molecule has 2 N–H and O–H groups in total. The summed E-state index contributed by atoms with van der Waals surface area (Å²) in [5.74, 6) is 1.21. The van der Waals surface area contributed by atoms with E-state index in [1.54, 1.807) is 18.2 Å². The zero-order valence-corrected chi connectivity index (χ0v) is 16.4. The summed E-state index contributed by atoms with van der Waals surface area (Å²) in [4.78, 5) is 23.7. The van der Waals surface area contributed by atoms with Gasteiger partial charge in [0.2, 0.25) is 0 Å². The molecule has 2 amide bonds. The molecular formula is C21H26N2O5. The fraction of sp³-hybridized carbons (Fsp3) is 0.333. The van der Waals surface area contributed by atoms with Gasteiger partial charge in [0.1, 0.15) is 5.75 Å². The summed E-state index contributed by atoms with van der Waals surface area (Å²) in [6.07, 6.45) is 0. The normalized spacial score (nSPS) is 10.1. The molecule has 0 unspecified atom stereocenters. The molecule has 28 heavy (non-hydrogen) atoms. The fourth-order valence-corrected chi connectivity index (χ4v) is 2.49. The average molecular weight is 386 g/mol.